The van der Waals surface area contributed by atoms with Crippen molar-refractivity contribution in [2.24, 2.45) is 0 Å². The minimum Gasteiger partial charge on any atom is -0.497 e. The van der Waals surface area contributed by atoms with E-state index in [0.29, 0.717) is 39.4 Å². The van der Waals surface area contributed by atoms with E-state index in [0.717, 1.165) is 5.56 Å². The number of amides is 1. The van der Waals surface area contributed by atoms with E-state index in [4.69, 9.17) is 4.74 Å². The number of methoxy groups -OCH3 is 1. The highest BCUT2D eigenvalue weighted by atomic mass is 16.5. The molecule has 0 radical (unpaired) electrons. The summed E-state index contributed by atoms with van der Waals surface area (Å²) in [5.41, 5.74) is 3.58. The van der Waals surface area contributed by atoms with Gasteiger partial charge in [0.05, 0.1) is 29.4 Å². The molecule has 0 fully saturated rings. The Bertz CT molecular complexity index is 1240. The quantitative estimate of drug-likeness (QED) is 0.465. The number of carboxylic acids is 1. The van der Waals surface area contributed by atoms with Crippen LogP contribution in [0.3, 0.4) is 0 Å². The second-order valence-electron chi connectivity index (χ2n) is 6.64. The van der Waals surface area contributed by atoms with E-state index in [2.05, 4.69) is 20.5 Å². The van der Waals surface area contributed by atoms with Gasteiger partial charge in [0.15, 0.2) is 5.65 Å². The van der Waals surface area contributed by atoms with Crippen molar-refractivity contribution in [2.45, 2.75) is 6.92 Å². The highest BCUT2D eigenvalue weighted by Gasteiger charge is 2.20. The van der Waals surface area contributed by atoms with Gasteiger partial charge < -0.3 is 15.2 Å². The van der Waals surface area contributed by atoms with Crippen LogP contribution in [0.5, 0.6) is 5.75 Å². The first-order chi connectivity index (χ1) is 14.5. The number of benzene rings is 2. The second kappa shape index (κ2) is 7.67. The summed E-state index contributed by atoms with van der Waals surface area (Å²) in [4.78, 5) is 27.7. The normalized spacial score (nSPS) is 10.7. The van der Waals surface area contributed by atoms with Crippen LogP contribution >= 0.6 is 0 Å². The zero-order chi connectivity index (χ0) is 21.3. The highest BCUT2D eigenvalue weighted by Crippen LogP contribution is 2.32. The van der Waals surface area contributed by atoms with Crippen molar-refractivity contribution in [3.8, 4) is 28.3 Å². The summed E-state index contributed by atoms with van der Waals surface area (Å²) >= 11 is 0. The molecule has 3 N–H and O–H groups in total. The summed E-state index contributed by atoms with van der Waals surface area (Å²) in [6, 6.07) is 15.8. The van der Waals surface area contributed by atoms with Crippen molar-refractivity contribution >= 4 is 28.6 Å². The standard InChI is InChI=1S/C22H18N4O4/c1-12(27)23-15-7-3-13(4-8-15)18-11-17(22(28)29)19-20(25-26-21(19)24-18)14-5-9-16(30-2)10-6-14/h3-11H,1-2H3,(H,23,27)(H,28,29)(H,24,25,26). The molecule has 0 atom stereocenters. The molecule has 0 spiro atoms. The van der Waals surface area contributed by atoms with Gasteiger partial charge in [0, 0.05) is 23.7 Å². The largest absolute Gasteiger partial charge is 0.497 e. The molecule has 0 aliphatic carbocycles. The monoisotopic (exact) mass is 402 g/mol. The number of rotatable bonds is 5. The maximum Gasteiger partial charge on any atom is 0.336 e. The number of carbonyl (C=O) groups excluding carboxylic acids is 1. The summed E-state index contributed by atoms with van der Waals surface area (Å²) in [6.45, 7) is 1.43. The number of aromatic nitrogens is 3. The van der Waals surface area contributed by atoms with Crippen LogP contribution in [-0.2, 0) is 4.79 Å². The number of anilines is 1. The van der Waals surface area contributed by atoms with E-state index in [1.165, 1.54) is 13.0 Å². The molecule has 30 heavy (non-hydrogen) atoms. The summed E-state index contributed by atoms with van der Waals surface area (Å²) in [7, 11) is 1.58. The lowest BCUT2D eigenvalue weighted by Crippen LogP contribution is -2.05. The molecule has 2 heterocycles. The Morgan fingerprint density at radius 1 is 1.03 bits per heavy atom. The number of hydrogen-bond donors (Lipinski definition) is 3. The number of ether oxygens (including phenoxy) is 1. The van der Waals surface area contributed by atoms with E-state index in [1.54, 1.807) is 43.5 Å². The van der Waals surface area contributed by atoms with Crippen molar-refractivity contribution in [1.29, 1.82) is 0 Å². The Kier molecular flexibility index (Phi) is 4.89. The fourth-order valence-electron chi connectivity index (χ4n) is 3.23. The van der Waals surface area contributed by atoms with E-state index in [-0.39, 0.29) is 11.5 Å². The van der Waals surface area contributed by atoms with Crippen molar-refractivity contribution in [2.75, 3.05) is 12.4 Å². The molecule has 8 nitrogen and oxygen atoms in total. The molecule has 1 amide bonds. The SMILES string of the molecule is COc1ccc(-c2[nH]nc3nc(-c4ccc(NC(C)=O)cc4)cc(C(=O)O)c23)cc1. The number of H-pyrrole nitrogens is 1. The third-order valence-electron chi connectivity index (χ3n) is 4.63. The van der Waals surface area contributed by atoms with Crippen LogP contribution in [0.25, 0.3) is 33.5 Å². The Hall–Kier alpha value is -4.20. The van der Waals surface area contributed by atoms with E-state index >= 15 is 0 Å². The van der Waals surface area contributed by atoms with Gasteiger partial charge in [-0.3, -0.25) is 9.89 Å². The average Bonchev–Trinajstić information content (AvgIpc) is 3.17. The summed E-state index contributed by atoms with van der Waals surface area (Å²) in [5.74, 6) is -0.545. The molecular weight excluding hydrogens is 384 g/mol. The first-order valence-electron chi connectivity index (χ1n) is 9.11. The third-order valence-corrected chi connectivity index (χ3v) is 4.63. The Labute approximate surface area is 171 Å². The second-order valence-corrected chi connectivity index (χ2v) is 6.64. The number of pyridine rings is 1. The predicted molar refractivity (Wildman–Crippen MR) is 113 cm³/mol. The van der Waals surface area contributed by atoms with Crippen molar-refractivity contribution in [3.05, 3.63) is 60.2 Å². The lowest BCUT2D eigenvalue weighted by molar-refractivity contribution is -0.114. The molecule has 2 aromatic carbocycles. The molecule has 0 bridgehead atoms. The van der Waals surface area contributed by atoms with Gasteiger partial charge in [-0.25, -0.2) is 9.78 Å². The Morgan fingerprint density at radius 3 is 2.30 bits per heavy atom. The van der Waals surface area contributed by atoms with Crippen LogP contribution in [-0.4, -0.2) is 39.3 Å². The number of hydrogen-bond acceptors (Lipinski definition) is 5. The average molecular weight is 402 g/mol. The summed E-state index contributed by atoms with van der Waals surface area (Å²) in [6.07, 6.45) is 0. The molecule has 0 aliphatic heterocycles. The Balaban J connectivity index is 1.81. The van der Waals surface area contributed by atoms with Crippen LogP contribution < -0.4 is 10.1 Å². The van der Waals surface area contributed by atoms with Gasteiger partial charge in [-0.15, -0.1) is 0 Å². The van der Waals surface area contributed by atoms with Gasteiger partial charge in [-0.2, -0.15) is 5.10 Å². The number of nitrogens with one attached hydrogen (secondary N) is 2. The minimum absolute atomic E-state index is 0.0977. The van der Waals surface area contributed by atoms with Gasteiger partial charge >= 0.3 is 5.97 Å². The van der Waals surface area contributed by atoms with Crippen LogP contribution in [0.2, 0.25) is 0 Å². The zero-order valence-corrected chi connectivity index (χ0v) is 16.3. The molecule has 8 heteroatoms. The highest BCUT2D eigenvalue weighted by molar-refractivity contribution is 6.08. The van der Waals surface area contributed by atoms with E-state index in [9.17, 15) is 14.7 Å². The Morgan fingerprint density at radius 2 is 1.70 bits per heavy atom. The molecule has 0 unspecified atom stereocenters. The number of nitrogens with zero attached hydrogens (tertiary/aromatic N) is 2. The van der Waals surface area contributed by atoms with Crippen molar-refractivity contribution in [1.82, 2.24) is 15.2 Å². The van der Waals surface area contributed by atoms with Crippen molar-refractivity contribution in [3.63, 3.8) is 0 Å². The van der Waals surface area contributed by atoms with Crippen LogP contribution in [0.1, 0.15) is 17.3 Å². The maximum absolute atomic E-state index is 12.0. The molecule has 0 saturated heterocycles. The zero-order valence-electron chi connectivity index (χ0n) is 16.3. The van der Waals surface area contributed by atoms with Gasteiger partial charge in [0.2, 0.25) is 5.91 Å². The van der Waals surface area contributed by atoms with Crippen molar-refractivity contribution < 1.29 is 19.4 Å². The van der Waals surface area contributed by atoms with Gasteiger partial charge in [0.1, 0.15) is 5.75 Å². The third kappa shape index (κ3) is 3.58. The van der Waals surface area contributed by atoms with Gasteiger partial charge in [-0.05, 0) is 42.5 Å². The fraction of sp³-hybridized carbons (Fsp3) is 0.0909. The van der Waals surface area contributed by atoms with Gasteiger partial charge in [0.25, 0.3) is 0 Å². The molecule has 4 rings (SSSR count). The molecule has 0 saturated carbocycles. The maximum atomic E-state index is 12.0. The molecule has 150 valence electrons. The number of fused-ring (bicyclic) bond motifs is 1. The number of carboxylic acid groups (broad SMARTS) is 1. The molecule has 4 aromatic rings. The number of aromatic amines is 1. The van der Waals surface area contributed by atoms with E-state index < -0.39 is 5.97 Å². The minimum atomic E-state index is -1.07. The van der Waals surface area contributed by atoms with Crippen LogP contribution in [0.4, 0.5) is 5.69 Å². The smallest absolute Gasteiger partial charge is 0.336 e. The van der Waals surface area contributed by atoms with E-state index in [1.807, 2.05) is 12.1 Å². The number of carbonyl (C=O) groups is 2. The first-order valence-corrected chi connectivity index (χ1v) is 9.11. The number of aromatic carboxylic acids is 1. The molecule has 0 aliphatic rings. The van der Waals surface area contributed by atoms with Crippen LogP contribution in [0, 0.1) is 0 Å². The summed E-state index contributed by atoms with van der Waals surface area (Å²) < 4.78 is 5.17. The van der Waals surface area contributed by atoms with Crippen LogP contribution in [0.15, 0.2) is 54.6 Å². The molecular formula is C22H18N4O4. The fourth-order valence-corrected chi connectivity index (χ4v) is 3.23. The first kappa shape index (κ1) is 19.1. The summed E-state index contributed by atoms with van der Waals surface area (Å²) in [5, 5.41) is 20.1. The lowest BCUT2D eigenvalue weighted by atomic mass is 10.0. The lowest BCUT2D eigenvalue weighted by Gasteiger charge is -2.07. The topological polar surface area (TPSA) is 117 Å². The van der Waals surface area contributed by atoms with Gasteiger partial charge in [-0.1, -0.05) is 12.1 Å². The predicted octanol–water partition coefficient (Wildman–Crippen LogP) is 3.96. The molecule has 2 aromatic heterocycles.